The zero-order valence-corrected chi connectivity index (χ0v) is 10.8. The summed E-state index contributed by atoms with van der Waals surface area (Å²) in [4.78, 5) is 2.38. The lowest BCUT2D eigenvalue weighted by molar-refractivity contribution is 0.122. The molecular formula is C14H22N2O. The third-order valence-corrected chi connectivity index (χ3v) is 3.03. The summed E-state index contributed by atoms with van der Waals surface area (Å²) in [5.41, 5.74) is 2.65. The summed E-state index contributed by atoms with van der Waals surface area (Å²) < 4.78 is 5.36. The first-order chi connectivity index (χ1) is 8.25. The van der Waals surface area contributed by atoms with E-state index in [1.54, 1.807) is 0 Å². The van der Waals surface area contributed by atoms with Crippen molar-refractivity contribution in [3.8, 4) is 0 Å². The number of hydrogen-bond donors (Lipinski definition) is 1. The highest BCUT2D eigenvalue weighted by Crippen LogP contribution is 2.16. The predicted molar refractivity (Wildman–Crippen MR) is 71.4 cm³/mol. The molecule has 0 aromatic heterocycles. The van der Waals surface area contributed by atoms with Crippen molar-refractivity contribution in [3.05, 3.63) is 29.8 Å². The molecule has 0 bridgehead atoms. The molecule has 0 atom stereocenters. The molecule has 0 saturated carbocycles. The zero-order valence-electron chi connectivity index (χ0n) is 10.8. The number of nitrogens with one attached hydrogen (secondary N) is 1. The van der Waals surface area contributed by atoms with Crippen molar-refractivity contribution in [2.45, 2.75) is 26.4 Å². The quantitative estimate of drug-likeness (QED) is 0.862. The van der Waals surface area contributed by atoms with Gasteiger partial charge in [-0.25, -0.2) is 0 Å². The number of nitrogens with zero attached hydrogens (tertiary/aromatic N) is 1. The molecule has 17 heavy (non-hydrogen) atoms. The summed E-state index contributed by atoms with van der Waals surface area (Å²) in [6.07, 6.45) is 0. The highest BCUT2D eigenvalue weighted by molar-refractivity contribution is 5.47. The zero-order chi connectivity index (χ0) is 12.1. The molecule has 0 radical (unpaired) electrons. The van der Waals surface area contributed by atoms with Crippen LogP contribution in [0.1, 0.15) is 19.4 Å². The standard InChI is InChI=1S/C14H22N2O/c1-12(2)15-11-13-3-5-14(6-4-13)16-7-9-17-10-8-16/h3-6,12,15H,7-11H2,1-2H3. The van der Waals surface area contributed by atoms with Crippen LogP contribution >= 0.6 is 0 Å². The van der Waals surface area contributed by atoms with Crippen molar-refractivity contribution in [1.29, 1.82) is 0 Å². The van der Waals surface area contributed by atoms with Gasteiger partial charge in [0, 0.05) is 31.4 Å². The summed E-state index contributed by atoms with van der Waals surface area (Å²) in [5, 5.41) is 3.43. The Hall–Kier alpha value is -1.06. The van der Waals surface area contributed by atoms with Crippen LogP contribution in [0.25, 0.3) is 0 Å². The Labute approximate surface area is 104 Å². The van der Waals surface area contributed by atoms with Gasteiger partial charge < -0.3 is 15.0 Å². The van der Waals surface area contributed by atoms with Gasteiger partial charge >= 0.3 is 0 Å². The lowest BCUT2D eigenvalue weighted by Gasteiger charge is -2.29. The summed E-state index contributed by atoms with van der Waals surface area (Å²) in [5.74, 6) is 0. The maximum Gasteiger partial charge on any atom is 0.0642 e. The largest absolute Gasteiger partial charge is 0.378 e. The number of hydrogen-bond acceptors (Lipinski definition) is 3. The predicted octanol–water partition coefficient (Wildman–Crippen LogP) is 2.02. The molecule has 94 valence electrons. The lowest BCUT2D eigenvalue weighted by atomic mass is 10.2. The number of rotatable bonds is 4. The Morgan fingerprint density at radius 3 is 2.41 bits per heavy atom. The third-order valence-electron chi connectivity index (χ3n) is 3.03. The van der Waals surface area contributed by atoms with Gasteiger partial charge in [0.25, 0.3) is 0 Å². The van der Waals surface area contributed by atoms with Gasteiger partial charge in [-0.2, -0.15) is 0 Å². The molecule has 1 aliphatic heterocycles. The Kier molecular flexibility index (Phi) is 4.40. The number of ether oxygens (including phenoxy) is 1. The van der Waals surface area contributed by atoms with E-state index in [2.05, 4.69) is 48.3 Å². The smallest absolute Gasteiger partial charge is 0.0642 e. The molecule has 0 aliphatic carbocycles. The molecule has 1 aliphatic rings. The van der Waals surface area contributed by atoms with E-state index in [1.165, 1.54) is 11.3 Å². The molecule has 1 saturated heterocycles. The summed E-state index contributed by atoms with van der Waals surface area (Å²) in [6, 6.07) is 9.37. The van der Waals surface area contributed by atoms with Crippen LogP contribution in [0.5, 0.6) is 0 Å². The summed E-state index contributed by atoms with van der Waals surface area (Å²) in [7, 11) is 0. The van der Waals surface area contributed by atoms with Crippen LogP contribution in [0.2, 0.25) is 0 Å². The van der Waals surface area contributed by atoms with E-state index < -0.39 is 0 Å². The molecule has 0 amide bonds. The minimum atomic E-state index is 0.536. The second-order valence-corrected chi connectivity index (χ2v) is 4.80. The fourth-order valence-electron chi connectivity index (χ4n) is 1.97. The molecule has 2 rings (SSSR count). The van der Waals surface area contributed by atoms with Crippen LogP contribution in [0.4, 0.5) is 5.69 Å². The second-order valence-electron chi connectivity index (χ2n) is 4.80. The van der Waals surface area contributed by atoms with E-state index in [0.717, 1.165) is 32.8 Å². The van der Waals surface area contributed by atoms with E-state index in [-0.39, 0.29) is 0 Å². The van der Waals surface area contributed by atoms with Gasteiger partial charge in [-0.05, 0) is 17.7 Å². The van der Waals surface area contributed by atoms with Gasteiger partial charge in [-0.3, -0.25) is 0 Å². The van der Waals surface area contributed by atoms with Crippen LogP contribution in [0.3, 0.4) is 0 Å². The first kappa shape index (κ1) is 12.4. The van der Waals surface area contributed by atoms with Gasteiger partial charge in [0.05, 0.1) is 13.2 Å². The number of benzene rings is 1. The highest BCUT2D eigenvalue weighted by atomic mass is 16.5. The highest BCUT2D eigenvalue weighted by Gasteiger charge is 2.10. The Morgan fingerprint density at radius 1 is 1.18 bits per heavy atom. The summed E-state index contributed by atoms with van der Waals surface area (Å²) in [6.45, 7) is 8.98. The average molecular weight is 234 g/mol. The normalized spacial score (nSPS) is 16.5. The monoisotopic (exact) mass is 234 g/mol. The second kappa shape index (κ2) is 6.03. The maximum absolute atomic E-state index is 5.36. The van der Waals surface area contributed by atoms with Crippen molar-refractivity contribution in [2.24, 2.45) is 0 Å². The molecule has 1 heterocycles. The summed E-state index contributed by atoms with van der Waals surface area (Å²) >= 11 is 0. The Bertz CT molecular complexity index is 329. The SMILES string of the molecule is CC(C)NCc1ccc(N2CCOCC2)cc1. The van der Waals surface area contributed by atoms with Crippen LogP contribution in [0.15, 0.2) is 24.3 Å². The van der Waals surface area contributed by atoms with Gasteiger partial charge in [0.15, 0.2) is 0 Å². The van der Waals surface area contributed by atoms with E-state index in [0.29, 0.717) is 6.04 Å². The Morgan fingerprint density at radius 2 is 1.82 bits per heavy atom. The minimum absolute atomic E-state index is 0.536. The topological polar surface area (TPSA) is 24.5 Å². The van der Waals surface area contributed by atoms with Crippen molar-refractivity contribution in [3.63, 3.8) is 0 Å². The van der Waals surface area contributed by atoms with Crippen LogP contribution in [0, 0.1) is 0 Å². The average Bonchev–Trinajstić information content (AvgIpc) is 2.38. The molecule has 1 aromatic rings. The number of anilines is 1. The van der Waals surface area contributed by atoms with E-state index in [4.69, 9.17) is 4.74 Å². The minimum Gasteiger partial charge on any atom is -0.378 e. The lowest BCUT2D eigenvalue weighted by Crippen LogP contribution is -2.36. The van der Waals surface area contributed by atoms with Gasteiger partial charge in [-0.1, -0.05) is 26.0 Å². The van der Waals surface area contributed by atoms with Crippen molar-refractivity contribution < 1.29 is 4.74 Å². The molecule has 3 nitrogen and oxygen atoms in total. The van der Waals surface area contributed by atoms with E-state index in [1.807, 2.05) is 0 Å². The van der Waals surface area contributed by atoms with Gasteiger partial charge in [0.2, 0.25) is 0 Å². The Balaban J connectivity index is 1.92. The van der Waals surface area contributed by atoms with E-state index in [9.17, 15) is 0 Å². The molecule has 0 unspecified atom stereocenters. The van der Waals surface area contributed by atoms with Crippen molar-refractivity contribution in [2.75, 3.05) is 31.2 Å². The maximum atomic E-state index is 5.36. The first-order valence-electron chi connectivity index (χ1n) is 6.41. The fraction of sp³-hybridized carbons (Fsp3) is 0.571. The van der Waals surface area contributed by atoms with Crippen LogP contribution in [-0.4, -0.2) is 32.3 Å². The van der Waals surface area contributed by atoms with Crippen molar-refractivity contribution >= 4 is 5.69 Å². The fourth-order valence-corrected chi connectivity index (χ4v) is 1.97. The van der Waals surface area contributed by atoms with Gasteiger partial charge in [-0.15, -0.1) is 0 Å². The molecule has 3 heteroatoms. The molecule has 1 aromatic carbocycles. The first-order valence-corrected chi connectivity index (χ1v) is 6.41. The third kappa shape index (κ3) is 3.72. The molecular weight excluding hydrogens is 212 g/mol. The number of morpholine rings is 1. The molecule has 1 fully saturated rings. The van der Waals surface area contributed by atoms with Crippen LogP contribution < -0.4 is 10.2 Å². The van der Waals surface area contributed by atoms with Crippen molar-refractivity contribution in [1.82, 2.24) is 5.32 Å². The molecule has 0 spiro atoms. The van der Waals surface area contributed by atoms with Crippen LogP contribution in [-0.2, 0) is 11.3 Å². The van der Waals surface area contributed by atoms with E-state index >= 15 is 0 Å². The molecule has 1 N–H and O–H groups in total. The van der Waals surface area contributed by atoms with Gasteiger partial charge in [0.1, 0.15) is 0 Å².